The van der Waals surface area contributed by atoms with E-state index in [0.717, 1.165) is 31.2 Å². The number of fused-ring (bicyclic) bond motifs is 1. The number of aromatic nitrogens is 2. The van der Waals surface area contributed by atoms with Crippen molar-refractivity contribution >= 4 is 5.91 Å². The van der Waals surface area contributed by atoms with Gasteiger partial charge in [0.2, 0.25) is 6.79 Å². The number of carbonyl (C=O) groups excluding carboxylic acids is 1. The average Bonchev–Trinajstić information content (AvgIpc) is 3.50. The van der Waals surface area contributed by atoms with E-state index in [-0.39, 0.29) is 30.4 Å². The molecule has 0 aliphatic carbocycles. The summed E-state index contributed by atoms with van der Waals surface area (Å²) in [4.78, 5) is 27.1. The van der Waals surface area contributed by atoms with Crippen molar-refractivity contribution in [3.05, 3.63) is 40.7 Å². The molecule has 1 amide bonds. The SMILES string of the molecule is O=C([C@H]1CCCO1)N1CCC[C@H]1Cn1nc(-c2ccc3c(c2)OCO3)ccc1=O. The van der Waals surface area contributed by atoms with Crippen LogP contribution in [0.2, 0.25) is 0 Å². The summed E-state index contributed by atoms with van der Waals surface area (Å²) in [5.41, 5.74) is 1.35. The van der Waals surface area contributed by atoms with Gasteiger partial charge in [0, 0.05) is 24.8 Å². The van der Waals surface area contributed by atoms with E-state index in [4.69, 9.17) is 14.2 Å². The fraction of sp³-hybridized carbons (Fsp3) is 0.476. The van der Waals surface area contributed by atoms with Gasteiger partial charge in [0.05, 0.1) is 18.3 Å². The van der Waals surface area contributed by atoms with Gasteiger partial charge in [-0.1, -0.05) is 0 Å². The number of carbonyl (C=O) groups is 1. The zero-order valence-corrected chi connectivity index (χ0v) is 16.1. The highest BCUT2D eigenvalue weighted by molar-refractivity contribution is 5.81. The fourth-order valence-electron chi connectivity index (χ4n) is 4.26. The second-order valence-corrected chi connectivity index (χ2v) is 7.64. The van der Waals surface area contributed by atoms with Crippen LogP contribution < -0.4 is 15.0 Å². The van der Waals surface area contributed by atoms with E-state index in [1.54, 1.807) is 6.07 Å². The maximum absolute atomic E-state index is 12.8. The van der Waals surface area contributed by atoms with Crippen LogP contribution in [0.1, 0.15) is 25.7 Å². The van der Waals surface area contributed by atoms with Gasteiger partial charge in [0.15, 0.2) is 11.5 Å². The summed E-state index contributed by atoms with van der Waals surface area (Å²) in [6.07, 6.45) is 3.16. The lowest BCUT2D eigenvalue weighted by Gasteiger charge is -2.27. The molecule has 1 aromatic carbocycles. The third-order valence-electron chi connectivity index (χ3n) is 5.78. The number of benzene rings is 1. The molecule has 1 aromatic heterocycles. The Balaban J connectivity index is 1.37. The van der Waals surface area contributed by atoms with E-state index in [9.17, 15) is 9.59 Å². The van der Waals surface area contributed by atoms with Gasteiger partial charge in [0.25, 0.3) is 11.5 Å². The van der Waals surface area contributed by atoms with Crippen molar-refractivity contribution in [1.82, 2.24) is 14.7 Å². The van der Waals surface area contributed by atoms with Crippen molar-refractivity contribution in [2.45, 2.75) is 44.4 Å². The minimum Gasteiger partial charge on any atom is -0.454 e. The molecule has 0 saturated carbocycles. The van der Waals surface area contributed by atoms with Crippen LogP contribution in [0.15, 0.2) is 35.1 Å². The Morgan fingerprint density at radius 3 is 2.86 bits per heavy atom. The Bertz CT molecular complexity index is 983. The lowest BCUT2D eigenvalue weighted by atomic mass is 10.1. The van der Waals surface area contributed by atoms with Crippen LogP contribution in [-0.4, -0.2) is 52.7 Å². The summed E-state index contributed by atoms with van der Waals surface area (Å²) in [5, 5.41) is 4.56. The molecule has 152 valence electrons. The second-order valence-electron chi connectivity index (χ2n) is 7.64. The zero-order chi connectivity index (χ0) is 19.8. The molecule has 3 aliphatic rings. The topological polar surface area (TPSA) is 82.9 Å². The third kappa shape index (κ3) is 3.48. The number of likely N-dealkylation sites (tertiary alicyclic amines) is 1. The van der Waals surface area contributed by atoms with Crippen LogP contribution in [0, 0.1) is 0 Å². The predicted octanol–water partition coefficient (Wildman–Crippen LogP) is 1.81. The lowest BCUT2D eigenvalue weighted by molar-refractivity contribution is -0.142. The number of hydrogen-bond acceptors (Lipinski definition) is 6. The Morgan fingerprint density at radius 2 is 2.00 bits per heavy atom. The van der Waals surface area contributed by atoms with Crippen molar-refractivity contribution in [3.8, 4) is 22.8 Å². The monoisotopic (exact) mass is 397 g/mol. The molecule has 5 rings (SSSR count). The van der Waals surface area contributed by atoms with Crippen LogP contribution in [0.25, 0.3) is 11.3 Å². The maximum Gasteiger partial charge on any atom is 0.266 e. The predicted molar refractivity (Wildman–Crippen MR) is 104 cm³/mol. The number of hydrogen-bond donors (Lipinski definition) is 0. The zero-order valence-electron chi connectivity index (χ0n) is 16.1. The molecule has 2 atom stereocenters. The van der Waals surface area contributed by atoms with E-state index in [2.05, 4.69) is 5.10 Å². The Hall–Kier alpha value is -2.87. The highest BCUT2D eigenvalue weighted by Crippen LogP contribution is 2.35. The van der Waals surface area contributed by atoms with Crippen molar-refractivity contribution in [1.29, 1.82) is 0 Å². The summed E-state index contributed by atoms with van der Waals surface area (Å²) < 4.78 is 17.8. The standard InChI is InChI=1S/C21H23N3O5/c25-20-8-6-16(14-5-7-17-19(11-14)29-13-28-17)22-24(20)12-15-3-1-9-23(15)21(26)18-4-2-10-27-18/h5-8,11,15,18H,1-4,9-10,12-13H2/t15-,18+/m0/s1. The molecule has 0 N–H and O–H groups in total. The quantitative estimate of drug-likeness (QED) is 0.783. The molecule has 29 heavy (non-hydrogen) atoms. The van der Waals surface area contributed by atoms with Crippen LogP contribution in [0.5, 0.6) is 11.5 Å². The third-order valence-corrected chi connectivity index (χ3v) is 5.78. The van der Waals surface area contributed by atoms with Gasteiger partial charge < -0.3 is 19.1 Å². The molecule has 8 heteroatoms. The molecule has 2 saturated heterocycles. The first-order chi connectivity index (χ1) is 14.2. The molecule has 0 unspecified atom stereocenters. The van der Waals surface area contributed by atoms with Crippen LogP contribution in [0.3, 0.4) is 0 Å². The summed E-state index contributed by atoms with van der Waals surface area (Å²) >= 11 is 0. The fourth-order valence-corrected chi connectivity index (χ4v) is 4.26. The summed E-state index contributed by atoms with van der Waals surface area (Å²) in [6.45, 7) is 1.95. The van der Waals surface area contributed by atoms with E-state index in [0.29, 0.717) is 36.9 Å². The first-order valence-corrected chi connectivity index (χ1v) is 10.1. The van der Waals surface area contributed by atoms with Gasteiger partial charge in [0.1, 0.15) is 6.10 Å². The molecular formula is C21H23N3O5. The first-order valence-electron chi connectivity index (χ1n) is 10.1. The lowest BCUT2D eigenvalue weighted by Crippen LogP contribution is -2.45. The number of ether oxygens (including phenoxy) is 3. The van der Waals surface area contributed by atoms with Crippen molar-refractivity contribution in [2.24, 2.45) is 0 Å². The number of nitrogens with zero attached hydrogens (tertiary/aromatic N) is 3. The molecule has 0 bridgehead atoms. The van der Waals surface area contributed by atoms with Crippen LogP contribution in [-0.2, 0) is 16.1 Å². The maximum atomic E-state index is 12.8. The smallest absolute Gasteiger partial charge is 0.266 e. The van der Waals surface area contributed by atoms with Crippen LogP contribution >= 0.6 is 0 Å². The summed E-state index contributed by atoms with van der Waals surface area (Å²) in [6, 6.07) is 8.79. The number of amides is 1. The minimum absolute atomic E-state index is 0.0381. The molecule has 2 fully saturated rings. The second kappa shape index (κ2) is 7.51. The molecule has 0 spiro atoms. The van der Waals surface area contributed by atoms with E-state index in [1.165, 1.54) is 10.7 Å². The molecular weight excluding hydrogens is 374 g/mol. The van der Waals surface area contributed by atoms with Crippen molar-refractivity contribution < 1.29 is 19.0 Å². The summed E-state index contributed by atoms with van der Waals surface area (Å²) in [7, 11) is 0. The van der Waals surface area contributed by atoms with Crippen LogP contribution in [0.4, 0.5) is 0 Å². The van der Waals surface area contributed by atoms with Gasteiger partial charge >= 0.3 is 0 Å². The Labute approximate surface area is 168 Å². The normalized spacial score (nSPS) is 23.0. The number of rotatable bonds is 4. The Kier molecular flexibility index (Phi) is 4.71. The van der Waals surface area contributed by atoms with Gasteiger partial charge in [-0.25, -0.2) is 4.68 Å². The molecule has 0 radical (unpaired) electrons. The highest BCUT2D eigenvalue weighted by atomic mass is 16.7. The summed E-state index contributed by atoms with van der Waals surface area (Å²) in [5.74, 6) is 1.42. The molecule has 3 aliphatic heterocycles. The van der Waals surface area contributed by atoms with Gasteiger partial charge in [-0.05, 0) is 49.9 Å². The first kappa shape index (κ1) is 18.2. The largest absolute Gasteiger partial charge is 0.454 e. The molecule has 2 aromatic rings. The average molecular weight is 397 g/mol. The minimum atomic E-state index is -0.333. The highest BCUT2D eigenvalue weighted by Gasteiger charge is 2.35. The van der Waals surface area contributed by atoms with E-state index >= 15 is 0 Å². The molecule has 4 heterocycles. The van der Waals surface area contributed by atoms with Crippen molar-refractivity contribution in [3.63, 3.8) is 0 Å². The van der Waals surface area contributed by atoms with Gasteiger partial charge in [-0.15, -0.1) is 0 Å². The molecule has 8 nitrogen and oxygen atoms in total. The Morgan fingerprint density at radius 1 is 1.10 bits per heavy atom. The van der Waals surface area contributed by atoms with E-state index in [1.807, 2.05) is 23.1 Å². The van der Waals surface area contributed by atoms with E-state index < -0.39 is 0 Å². The van der Waals surface area contributed by atoms with Crippen molar-refractivity contribution in [2.75, 3.05) is 19.9 Å². The van der Waals surface area contributed by atoms with Gasteiger partial charge in [-0.2, -0.15) is 5.10 Å². The van der Waals surface area contributed by atoms with Gasteiger partial charge in [-0.3, -0.25) is 9.59 Å².